The van der Waals surface area contributed by atoms with E-state index in [0.29, 0.717) is 34.0 Å². The molecule has 9 rings (SSSR count). The second-order valence-electron chi connectivity index (χ2n) is 13.5. The predicted molar refractivity (Wildman–Crippen MR) is 234 cm³/mol. The molecule has 0 saturated heterocycles. The first-order chi connectivity index (χ1) is 26.8. The number of nitrogens with zero attached hydrogens (tertiary/aromatic N) is 3. The van der Waals surface area contributed by atoms with Crippen LogP contribution in [0.2, 0.25) is 0 Å². The van der Waals surface area contributed by atoms with Gasteiger partial charge in [0, 0.05) is 16.7 Å². The number of hydrogen-bond donors (Lipinski definition) is 0. The van der Waals surface area contributed by atoms with Crippen LogP contribution in [-0.2, 0) is 0 Å². The molecule has 8 heteroatoms. The van der Waals surface area contributed by atoms with E-state index >= 15 is 0 Å². The van der Waals surface area contributed by atoms with Gasteiger partial charge in [-0.1, -0.05) is 150 Å². The molecular weight excluding hydrogens is 661 g/mol. The lowest BCUT2D eigenvalue weighted by atomic mass is 9.59. The topological polar surface area (TPSA) is 38.7 Å². The Hall–Kier alpha value is -6.39. The zero-order valence-corrected chi connectivity index (χ0v) is 29.7. The van der Waals surface area contributed by atoms with E-state index in [-0.39, 0.29) is 16.4 Å². The van der Waals surface area contributed by atoms with E-state index in [2.05, 4.69) is 84.9 Å². The van der Waals surface area contributed by atoms with Gasteiger partial charge >= 0.3 is 0 Å². The minimum Gasteiger partial charge on any atom is -0.208 e. The number of fused-ring (bicyclic) bond motifs is 2. The van der Waals surface area contributed by atoms with Crippen LogP contribution in [0.4, 0.5) is 0 Å². The summed E-state index contributed by atoms with van der Waals surface area (Å²) in [5, 5.41) is 4.31. The molecule has 55 heavy (non-hydrogen) atoms. The van der Waals surface area contributed by atoms with E-state index in [1.165, 1.54) is 21.9 Å². The largest absolute Gasteiger partial charge is 0.208 e. The minimum absolute atomic E-state index is 0.188. The molecule has 0 saturated carbocycles. The summed E-state index contributed by atoms with van der Waals surface area (Å²) in [5.41, 5.74) is 9.79. The van der Waals surface area contributed by atoms with Crippen molar-refractivity contribution in [1.82, 2.24) is 15.0 Å². The van der Waals surface area contributed by atoms with Gasteiger partial charge in [-0.05, 0) is 73.1 Å². The predicted octanol–water partition coefficient (Wildman–Crippen LogP) is 6.15. The standard InChI is InChI=1S/C47H26B5N3/c48-40-39(41(49)43(51)44(52)42(40)50)32-20-18-30-25-34(21-19-29(30)24-32)47-54-45(28-12-5-2-6-13-28)53-46(55-47)33-15-9-14-31(26-33)36-23-22-35(27-10-3-1-4-11-27)37-16-7-8-17-38(36)37/h1-26H. The molecule has 1 heterocycles. The molecule has 0 aliphatic carbocycles. The van der Waals surface area contributed by atoms with Crippen molar-refractivity contribution in [2.24, 2.45) is 0 Å². The van der Waals surface area contributed by atoms with Crippen molar-refractivity contribution >= 4 is 88.1 Å². The van der Waals surface area contributed by atoms with Crippen molar-refractivity contribution in [3.63, 3.8) is 0 Å². The van der Waals surface area contributed by atoms with Crippen LogP contribution in [0, 0.1) is 0 Å². The summed E-state index contributed by atoms with van der Waals surface area (Å²) in [7, 11) is 31.2. The zero-order chi connectivity index (χ0) is 37.6. The van der Waals surface area contributed by atoms with Gasteiger partial charge < -0.3 is 0 Å². The highest BCUT2D eigenvalue weighted by molar-refractivity contribution is 6.68. The summed E-state index contributed by atoms with van der Waals surface area (Å²) in [6.07, 6.45) is 0. The van der Waals surface area contributed by atoms with Gasteiger partial charge in [0.2, 0.25) is 0 Å². The molecule has 0 amide bonds. The summed E-state index contributed by atoms with van der Waals surface area (Å²) in [4.78, 5) is 15.1. The van der Waals surface area contributed by atoms with Gasteiger partial charge in [-0.15, -0.1) is 16.4 Å². The van der Waals surface area contributed by atoms with Crippen LogP contribution in [0.25, 0.3) is 89.1 Å². The maximum Gasteiger partial charge on any atom is 0.164 e. The molecule has 1 aromatic heterocycles. The average molecular weight is 687 g/mol. The summed E-state index contributed by atoms with van der Waals surface area (Å²) < 4.78 is 0. The molecule has 0 bridgehead atoms. The van der Waals surface area contributed by atoms with Gasteiger partial charge in [0.1, 0.15) is 39.2 Å². The number of benzene rings is 8. The van der Waals surface area contributed by atoms with Gasteiger partial charge in [-0.2, -0.15) is 0 Å². The van der Waals surface area contributed by atoms with Crippen LogP contribution in [-0.4, -0.2) is 54.2 Å². The van der Waals surface area contributed by atoms with Gasteiger partial charge in [0.25, 0.3) is 0 Å². The van der Waals surface area contributed by atoms with Crippen molar-refractivity contribution < 1.29 is 0 Å². The zero-order valence-electron chi connectivity index (χ0n) is 29.7. The minimum atomic E-state index is 0.188. The fourth-order valence-electron chi connectivity index (χ4n) is 7.30. The Morgan fingerprint density at radius 3 is 1.31 bits per heavy atom. The molecule has 8 aromatic carbocycles. The molecule has 0 spiro atoms. The lowest BCUT2D eigenvalue weighted by molar-refractivity contribution is 1.07. The van der Waals surface area contributed by atoms with Gasteiger partial charge in [-0.25, -0.2) is 15.0 Å². The first-order valence-electron chi connectivity index (χ1n) is 17.9. The Bertz CT molecular complexity index is 2900. The molecule has 0 unspecified atom stereocenters. The highest BCUT2D eigenvalue weighted by atomic mass is 15.0. The smallest absolute Gasteiger partial charge is 0.164 e. The molecule has 10 radical (unpaired) electrons. The van der Waals surface area contributed by atoms with E-state index in [4.69, 9.17) is 54.2 Å². The van der Waals surface area contributed by atoms with Crippen LogP contribution in [0.3, 0.4) is 0 Å². The Morgan fingerprint density at radius 2 is 0.709 bits per heavy atom. The lowest BCUT2D eigenvalue weighted by Crippen LogP contribution is -2.55. The Kier molecular flexibility index (Phi) is 8.83. The highest BCUT2D eigenvalue weighted by Crippen LogP contribution is 2.37. The molecule has 0 fully saturated rings. The molecule has 244 valence electrons. The quantitative estimate of drug-likeness (QED) is 0.197. The Morgan fingerprint density at radius 1 is 0.291 bits per heavy atom. The third kappa shape index (κ3) is 6.28. The number of aromatic nitrogens is 3. The maximum atomic E-state index is 6.39. The van der Waals surface area contributed by atoms with Crippen molar-refractivity contribution in [3.8, 4) is 67.5 Å². The van der Waals surface area contributed by atoms with Crippen molar-refractivity contribution in [2.45, 2.75) is 0 Å². The second-order valence-corrected chi connectivity index (χ2v) is 13.5. The Balaban J connectivity index is 1.14. The normalized spacial score (nSPS) is 11.3. The third-order valence-electron chi connectivity index (χ3n) is 10.2. The average Bonchev–Trinajstić information content (AvgIpc) is 3.25. The van der Waals surface area contributed by atoms with E-state index in [0.717, 1.165) is 44.2 Å². The van der Waals surface area contributed by atoms with Crippen LogP contribution in [0.15, 0.2) is 158 Å². The van der Waals surface area contributed by atoms with E-state index in [9.17, 15) is 0 Å². The monoisotopic (exact) mass is 687 g/mol. The maximum absolute atomic E-state index is 6.39. The van der Waals surface area contributed by atoms with E-state index < -0.39 is 0 Å². The SMILES string of the molecule is [B]c1c([B])c([B])c(-c2ccc3cc(-c4nc(-c5ccccc5)nc(-c5cccc(-c6ccc(-c7ccccc7)c7ccccc67)c5)n4)ccc3c2)c([B])c1[B]. The fraction of sp³-hybridized carbons (Fsp3) is 0. The molecular formula is C47H26B5N3. The summed E-state index contributed by atoms with van der Waals surface area (Å²) in [5.74, 6) is 1.73. The molecule has 3 nitrogen and oxygen atoms in total. The number of hydrogen-bond acceptors (Lipinski definition) is 3. The van der Waals surface area contributed by atoms with Crippen molar-refractivity contribution in [2.75, 3.05) is 0 Å². The van der Waals surface area contributed by atoms with Crippen LogP contribution >= 0.6 is 0 Å². The summed E-state index contributed by atoms with van der Waals surface area (Å²) >= 11 is 0. The molecule has 0 aliphatic heterocycles. The van der Waals surface area contributed by atoms with Crippen molar-refractivity contribution in [3.05, 3.63) is 158 Å². The van der Waals surface area contributed by atoms with Crippen LogP contribution in [0.1, 0.15) is 0 Å². The second kappa shape index (κ2) is 14.1. The van der Waals surface area contributed by atoms with E-state index in [1.807, 2.05) is 72.8 Å². The summed E-state index contributed by atoms with van der Waals surface area (Å²) in [6.45, 7) is 0. The Labute approximate surface area is 327 Å². The highest BCUT2D eigenvalue weighted by Gasteiger charge is 2.16. The molecule has 9 aromatic rings. The first-order valence-corrected chi connectivity index (χ1v) is 17.9. The fourth-order valence-corrected chi connectivity index (χ4v) is 7.30. The van der Waals surface area contributed by atoms with Crippen molar-refractivity contribution in [1.29, 1.82) is 0 Å². The molecule has 0 aliphatic rings. The third-order valence-corrected chi connectivity index (χ3v) is 10.2. The lowest BCUT2D eigenvalue weighted by Gasteiger charge is -2.21. The number of rotatable bonds is 6. The first kappa shape index (κ1) is 34.4. The van der Waals surface area contributed by atoms with Crippen LogP contribution < -0.4 is 27.3 Å². The van der Waals surface area contributed by atoms with Gasteiger partial charge in [0.05, 0.1) is 0 Å². The van der Waals surface area contributed by atoms with Gasteiger partial charge in [-0.3, -0.25) is 0 Å². The summed E-state index contributed by atoms with van der Waals surface area (Å²) in [6, 6.07) is 53.9. The van der Waals surface area contributed by atoms with Crippen LogP contribution in [0.5, 0.6) is 0 Å². The molecule has 0 atom stereocenters. The van der Waals surface area contributed by atoms with E-state index in [1.54, 1.807) is 0 Å². The van der Waals surface area contributed by atoms with Gasteiger partial charge in [0.15, 0.2) is 17.5 Å². The molecule has 0 N–H and O–H groups in total.